The number of carbonyl (C=O) groups is 2. The average Bonchev–Trinajstić information content (AvgIpc) is 2.72. The number of hydrogen-bond acceptors (Lipinski definition) is 4. The molecule has 0 radical (unpaired) electrons. The van der Waals surface area contributed by atoms with Gasteiger partial charge in [0.1, 0.15) is 11.5 Å². The highest BCUT2D eigenvalue weighted by atomic mass is 19.4. The zero-order valence-corrected chi connectivity index (χ0v) is 17.4. The maximum atomic E-state index is 13.6. The molecule has 2 atom stereocenters. The molecule has 1 saturated carbocycles. The lowest BCUT2D eigenvalue weighted by atomic mass is 9.87. The highest BCUT2D eigenvalue weighted by Crippen LogP contribution is 2.41. The zero-order valence-electron chi connectivity index (χ0n) is 17.4. The fourth-order valence-electron chi connectivity index (χ4n) is 4.46. The minimum atomic E-state index is -5.19. The predicted octanol–water partition coefficient (Wildman–Crippen LogP) is 4.44. The van der Waals surface area contributed by atoms with Gasteiger partial charge < -0.3 is 10.1 Å². The number of piperidine rings is 1. The van der Waals surface area contributed by atoms with Crippen molar-refractivity contribution < 1.29 is 40.7 Å². The highest BCUT2D eigenvalue weighted by Gasteiger charge is 2.42. The lowest BCUT2D eigenvalue weighted by Gasteiger charge is -2.41. The minimum absolute atomic E-state index is 0.0635. The normalized spacial score (nSPS) is 23.2. The average molecular weight is 466 g/mol. The fraction of sp³-hybridized carbons (Fsp3) is 0.619. The van der Waals surface area contributed by atoms with Gasteiger partial charge in [-0.15, -0.1) is 0 Å². The molecule has 1 heterocycles. The van der Waals surface area contributed by atoms with Gasteiger partial charge in [-0.2, -0.15) is 26.3 Å². The standard InChI is InChI=1S/C21H24F6N2O3/c1-32-17-11-12(20(22,23)24)10-14(21(25,26)27)18(17)19(31)28-15-4-2-3-5-16(15)29-8-6-13(30)7-9-29/h10-11,15-16H,2-9H2,1H3,(H,28,31). The molecule has 1 amide bonds. The first-order valence-corrected chi connectivity index (χ1v) is 10.3. The van der Waals surface area contributed by atoms with Gasteiger partial charge in [0.25, 0.3) is 5.91 Å². The Kier molecular flexibility index (Phi) is 7.06. The van der Waals surface area contributed by atoms with Gasteiger partial charge in [0.2, 0.25) is 0 Å². The van der Waals surface area contributed by atoms with E-state index in [1.165, 1.54) is 0 Å². The number of rotatable bonds is 4. The predicted molar refractivity (Wildman–Crippen MR) is 102 cm³/mol. The van der Waals surface area contributed by atoms with Crippen molar-refractivity contribution >= 4 is 11.7 Å². The van der Waals surface area contributed by atoms with E-state index >= 15 is 0 Å². The smallest absolute Gasteiger partial charge is 0.417 e. The molecule has 3 rings (SSSR count). The lowest BCUT2D eigenvalue weighted by Crippen LogP contribution is -2.55. The van der Waals surface area contributed by atoms with Crippen molar-refractivity contribution in [2.45, 2.75) is 63.0 Å². The summed E-state index contributed by atoms with van der Waals surface area (Å²) in [6, 6.07) is -0.307. The Labute approximate surface area is 181 Å². The Balaban J connectivity index is 1.92. The Hall–Kier alpha value is -2.30. The van der Waals surface area contributed by atoms with Gasteiger partial charge >= 0.3 is 12.4 Å². The molecular weight excluding hydrogens is 442 g/mol. The molecule has 1 aliphatic heterocycles. The van der Waals surface area contributed by atoms with Gasteiger partial charge in [-0.3, -0.25) is 14.5 Å². The third-order valence-electron chi connectivity index (χ3n) is 6.05. The van der Waals surface area contributed by atoms with Gasteiger partial charge in [0.05, 0.1) is 23.8 Å². The van der Waals surface area contributed by atoms with E-state index in [1.807, 2.05) is 0 Å². The number of methoxy groups -OCH3 is 1. The first-order chi connectivity index (χ1) is 14.9. The third kappa shape index (κ3) is 5.36. The van der Waals surface area contributed by atoms with Crippen molar-refractivity contribution in [2.75, 3.05) is 20.2 Å². The monoisotopic (exact) mass is 466 g/mol. The van der Waals surface area contributed by atoms with Gasteiger partial charge in [0, 0.05) is 38.0 Å². The number of nitrogens with one attached hydrogen (secondary N) is 1. The van der Waals surface area contributed by atoms with Crippen LogP contribution in [0, 0.1) is 0 Å². The molecule has 0 spiro atoms. The summed E-state index contributed by atoms with van der Waals surface area (Å²) >= 11 is 0. The Bertz CT molecular complexity index is 858. The van der Waals surface area contributed by atoms with Crippen molar-refractivity contribution in [1.29, 1.82) is 0 Å². The summed E-state index contributed by atoms with van der Waals surface area (Å²) in [6.07, 6.45) is -6.63. The van der Waals surface area contributed by atoms with Crippen LogP contribution in [0.2, 0.25) is 0 Å². The Morgan fingerprint density at radius 1 is 1.03 bits per heavy atom. The minimum Gasteiger partial charge on any atom is -0.496 e. The molecular formula is C21H24F6N2O3. The fourth-order valence-corrected chi connectivity index (χ4v) is 4.46. The van der Waals surface area contributed by atoms with E-state index in [4.69, 9.17) is 4.74 Å². The first kappa shape index (κ1) is 24.3. The molecule has 178 valence electrons. The molecule has 1 saturated heterocycles. The summed E-state index contributed by atoms with van der Waals surface area (Å²) in [4.78, 5) is 26.6. The van der Waals surface area contributed by atoms with Crippen LogP contribution in [0.1, 0.15) is 60.0 Å². The number of benzene rings is 1. The SMILES string of the molecule is COc1cc(C(F)(F)F)cc(C(F)(F)F)c1C(=O)NC1CCCCC1N1CCC(=O)CC1. The molecule has 1 N–H and O–H groups in total. The summed E-state index contributed by atoms with van der Waals surface area (Å²) in [5.74, 6) is -1.78. The number of Topliss-reactive ketones (excluding diaryl/α,β-unsaturated/α-hetero) is 1. The van der Waals surface area contributed by atoms with E-state index in [0.29, 0.717) is 44.8 Å². The molecule has 2 unspecified atom stereocenters. The number of ketones is 1. The first-order valence-electron chi connectivity index (χ1n) is 10.3. The summed E-state index contributed by atoms with van der Waals surface area (Å²) in [5, 5.41) is 2.61. The summed E-state index contributed by atoms with van der Waals surface area (Å²) in [7, 11) is 0.917. The topological polar surface area (TPSA) is 58.6 Å². The lowest BCUT2D eigenvalue weighted by molar-refractivity contribution is -0.143. The van der Waals surface area contributed by atoms with Crippen LogP contribution in [-0.4, -0.2) is 48.9 Å². The summed E-state index contributed by atoms with van der Waals surface area (Å²) in [6.45, 7) is 1.01. The number of amides is 1. The third-order valence-corrected chi connectivity index (χ3v) is 6.05. The second-order valence-corrected chi connectivity index (χ2v) is 8.10. The van der Waals surface area contributed by atoms with Crippen LogP contribution in [0.25, 0.3) is 0 Å². The van der Waals surface area contributed by atoms with Gasteiger partial charge in [-0.25, -0.2) is 0 Å². The molecule has 1 aliphatic carbocycles. The van der Waals surface area contributed by atoms with Crippen molar-refractivity contribution in [2.24, 2.45) is 0 Å². The zero-order chi connectivity index (χ0) is 23.7. The van der Waals surface area contributed by atoms with E-state index in [1.54, 1.807) is 0 Å². The van der Waals surface area contributed by atoms with E-state index in [9.17, 15) is 35.9 Å². The van der Waals surface area contributed by atoms with Crippen molar-refractivity contribution in [1.82, 2.24) is 10.2 Å². The molecule has 0 aromatic heterocycles. The van der Waals surface area contributed by atoms with Crippen LogP contribution in [0.4, 0.5) is 26.3 Å². The van der Waals surface area contributed by atoms with Gasteiger partial charge in [0.15, 0.2) is 0 Å². The van der Waals surface area contributed by atoms with E-state index in [0.717, 1.165) is 20.0 Å². The van der Waals surface area contributed by atoms with Gasteiger partial charge in [-0.05, 0) is 25.0 Å². The Morgan fingerprint density at radius 3 is 2.22 bits per heavy atom. The number of halogens is 6. The number of alkyl halides is 6. The quantitative estimate of drug-likeness (QED) is 0.667. The van der Waals surface area contributed by atoms with E-state index < -0.39 is 46.7 Å². The highest BCUT2D eigenvalue weighted by molar-refractivity contribution is 5.99. The van der Waals surface area contributed by atoms with Crippen LogP contribution in [0.15, 0.2) is 12.1 Å². The number of hydrogen-bond donors (Lipinski definition) is 1. The van der Waals surface area contributed by atoms with Crippen LogP contribution in [0.5, 0.6) is 5.75 Å². The Morgan fingerprint density at radius 2 is 1.66 bits per heavy atom. The largest absolute Gasteiger partial charge is 0.496 e. The number of ether oxygens (including phenoxy) is 1. The molecule has 11 heteroatoms. The summed E-state index contributed by atoms with van der Waals surface area (Å²) < 4.78 is 85.0. The van der Waals surface area contributed by atoms with Crippen molar-refractivity contribution in [3.05, 3.63) is 28.8 Å². The molecule has 1 aromatic rings. The van der Waals surface area contributed by atoms with Gasteiger partial charge in [-0.1, -0.05) is 12.8 Å². The second-order valence-electron chi connectivity index (χ2n) is 8.10. The van der Waals surface area contributed by atoms with Crippen molar-refractivity contribution in [3.63, 3.8) is 0 Å². The molecule has 0 bridgehead atoms. The van der Waals surface area contributed by atoms with E-state index in [2.05, 4.69) is 10.2 Å². The summed E-state index contributed by atoms with van der Waals surface area (Å²) in [5.41, 5.74) is -4.21. The molecule has 2 fully saturated rings. The molecule has 32 heavy (non-hydrogen) atoms. The van der Waals surface area contributed by atoms with Crippen LogP contribution in [-0.2, 0) is 17.1 Å². The number of likely N-dealkylation sites (tertiary alicyclic amines) is 1. The number of carbonyl (C=O) groups excluding carboxylic acids is 2. The maximum Gasteiger partial charge on any atom is 0.417 e. The molecule has 1 aromatic carbocycles. The molecule has 5 nitrogen and oxygen atoms in total. The van der Waals surface area contributed by atoms with E-state index in [-0.39, 0.29) is 17.9 Å². The van der Waals surface area contributed by atoms with Crippen LogP contribution >= 0.6 is 0 Å². The second kappa shape index (κ2) is 9.29. The number of nitrogens with zero attached hydrogens (tertiary/aromatic N) is 1. The van der Waals surface area contributed by atoms with Crippen LogP contribution in [0.3, 0.4) is 0 Å². The van der Waals surface area contributed by atoms with Crippen molar-refractivity contribution in [3.8, 4) is 5.75 Å². The van der Waals surface area contributed by atoms with Crippen LogP contribution < -0.4 is 10.1 Å². The molecule has 2 aliphatic rings. The maximum absolute atomic E-state index is 13.6.